The van der Waals surface area contributed by atoms with Crippen LogP contribution in [-0.2, 0) is 14.8 Å². The van der Waals surface area contributed by atoms with Crippen molar-refractivity contribution in [1.29, 1.82) is 0 Å². The number of nitrogens with one attached hydrogen (secondary N) is 2. The van der Waals surface area contributed by atoms with E-state index < -0.39 is 16.1 Å². The lowest BCUT2D eigenvalue weighted by Gasteiger charge is -2.17. The standard InChI is InChI=1S/C15H24N2O4S/c1-5-11(3)16-15(18)12(4)17-22(19,20)14-9-7-13(8-10-14)21-6-2/h7-12,17H,5-6H2,1-4H3,(H,16,18)/t11-,12-/m1/s1. The predicted octanol–water partition coefficient (Wildman–Crippen LogP) is 1.67. The van der Waals surface area contributed by atoms with E-state index in [0.29, 0.717) is 12.4 Å². The van der Waals surface area contributed by atoms with Gasteiger partial charge >= 0.3 is 0 Å². The number of carbonyl (C=O) groups is 1. The summed E-state index contributed by atoms with van der Waals surface area (Å²) in [5.74, 6) is 0.257. The Morgan fingerprint density at radius 1 is 1.18 bits per heavy atom. The largest absolute Gasteiger partial charge is 0.494 e. The molecular weight excluding hydrogens is 304 g/mol. The second kappa shape index (κ2) is 8.14. The molecule has 1 aromatic rings. The zero-order valence-corrected chi connectivity index (χ0v) is 14.2. The number of sulfonamides is 1. The van der Waals surface area contributed by atoms with E-state index in [9.17, 15) is 13.2 Å². The van der Waals surface area contributed by atoms with Crippen molar-refractivity contribution >= 4 is 15.9 Å². The van der Waals surface area contributed by atoms with Gasteiger partial charge in [-0.15, -0.1) is 0 Å². The van der Waals surface area contributed by atoms with E-state index in [4.69, 9.17) is 4.74 Å². The molecule has 7 heteroatoms. The zero-order chi connectivity index (χ0) is 16.8. The van der Waals surface area contributed by atoms with Crippen molar-refractivity contribution < 1.29 is 17.9 Å². The number of rotatable bonds is 8. The van der Waals surface area contributed by atoms with Crippen molar-refractivity contribution in [3.8, 4) is 5.75 Å². The molecule has 0 unspecified atom stereocenters. The Labute approximate surface area is 132 Å². The first-order chi connectivity index (χ1) is 10.3. The molecule has 0 bridgehead atoms. The van der Waals surface area contributed by atoms with E-state index in [0.717, 1.165) is 6.42 Å². The highest BCUT2D eigenvalue weighted by Crippen LogP contribution is 2.16. The van der Waals surface area contributed by atoms with Gasteiger partial charge in [0.1, 0.15) is 5.75 Å². The van der Waals surface area contributed by atoms with Crippen LogP contribution in [0.15, 0.2) is 29.2 Å². The molecule has 2 N–H and O–H groups in total. The lowest BCUT2D eigenvalue weighted by atomic mass is 10.2. The molecule has 22 heavy (non-hydrogen) atoms. The molecule has 1 rings (SSSR count). The summed E-state index contributed by atoms with van der Waals surface area (Å²) in [5, 5.41) is 2.74. The van der Waals surface area contributed by atoms with Crippen LogP contribution in [0.3, 0.4) is 0 Å². The molecule has 0 aromatic heterocycles. The molecule has 0 aliphatic rings. The van der Waals surface area contributed by atoms with E-state index in [2.05, 4.69) is 10.0 Å². The quantitative estimate of drug-likeness (QED) is 0.760. The third-order valence-corrected chi connectivity index (χ3v) is 4.73. The Bertz CT molecular complexity index is 584. The van der Waals surface area contributed by atoms with Crippen LogP contribution in [0.25, 0.3) is 0 Å². The molecule has 0 saturated carbocycles. The van der Waals surface area contributed by atoms with Crippen LogP contribution in [0.4, 0.5) is 0 Å². The maximum absolute atomic E-state index is 12.2. The van der Waals surface area contributed by atoms with Gasteiger partial charge in [0.25, 0.3) is 0 Å². The van der Waals surface area contributed by atoms with Gasteiger partial charge in [0.15, 0.2) is 0 Å². The maximum Gasteiger partial charge on any atom is 0.241 e. The average molecular weight is 328 g/mol. The number of carbonyl (C=O) groups excluding carboxylic acids is 1. The monoisotopic (exact) mass is 328 g/mol. The van der Waals surface area contributed by atoms with E-state index in [1.54, 1.807) is 12.1 Å². The van der Waals surface area contributed by atoms with Crippen LogP contribution in [0, 0.1) is 0 Å². The van der Waals surface area contributed by atoms with Crippen LogP contribution >= 0.6 is 0 Å². The summed E-state index contributed by atoms with van der Waals surface area (Å²) in [7, 11) is -3.75. The van der Waals surface area contributed by atoms with E-state index in [-0.39, 0.29) is 16.8 Å². The molecule has 0 aliphatic heterocycles. The van der Waals surface area contributed by atoms with Crippen LogP contribution in [-0.4, -0.2) is 33.0 Å². The maximum atomic E-state index is 12.2. The fraction of sp³-hybridized carbons (Fsp3) is 0.533. The summed E-state index contributed by atoms with van der Waals surface area (Å²) in [6.07, 6.45) is 0.782. The third kappa shape index (κ3) is 5.31. The average Bonchev–Trinajstić information content (AvgIpc) is 2.47. The molecule has 1 amide bonds. The van der Waals surface area contributed by atoms with Crippen molar-refractivity contribution in [1.82, 2.24) is 10.0 Å². The molecule has 124 valence electrons. The second-order valence-electron chi connectivity index (χ2n) is 5.07. The molecule has 6 nitrogen and oxygen atoms in total. The number of hydrogen-bond acceptors (Lipinski definition) is 4. The first-order valence-electron chi connectivity index (χ1n) is 7.35. The van der Waals surface area contributed by atoms with Crippen LogP contribution < -0.4 is 14.8 Å². The summed E-state index contributed by atoms with van der Waals surface area (Å²) >= 11 is 0. The van der Waals surface area contributed by atoms with Gasteiger partial charge in [0.05, 0.1) is 17.5 Å². The van der Waals surface area contributed by atoms with Gasteiger partial charge in [-0.2, -0.15) is 4.72 Å². The summed E-state index contributed by atoms with van der Waals surface area (Å²) in [6.45, 7) is 7.69. The minimum Gasteiger partial charge on any atom is -0.494 e. The van der Waals surface area contributed by atoms with Gasteiger partial charge in [-0.25, -0.2) is 8.42 Å². The minimum absolute atomic E-state index is 0.00456. The first-order valence-corrected chi connectivity index (χ1v) is 8.84. The molecule has 2 atom stereocenters. The summed E-state index contributed by atoms with van der Waals surface area (Å²) in [5.41, 5.74) is 0. The summed E-state index contributed by atoms with van der Waals surface area (Å²) in [4.78, 5) is 12.0. The Hall–Kier alpha value is -1.60. The van der Waals surface area contributed by atoms with Crippen molar-refractivity contribution in [2.75, 3.05) is 6.61 Å². The van der Waals surface area contributed by atoms with E-state index in [1.165, 1.54) is 19.1 Å². The summed E-state index contributed by atoms with van der Waals surface area (Å²) < 4.78 is 32.1. The molecule has 0 aliphatic carbocycles. The second-order valence-corrected chi connectivity index (χ2v) is 6.78. The van der Waals surface area contributed by atoms with Crippen LogP contribution in [0.2, 0.25) is 0 Å². The number of hydrogen-bond donors (Lipinski definition) is 2. The molecule has 0 fully saturated rings. The Balaban J connectivity index is 2.75. The molecular formula is C15H24N2O4S. The number of ether oxygens (including phenoxy) is 1. The van der Waals surface area contributed by atoms with Crippen LogP contribution in [0.1, 0.15) is 34.1 Å². The van der Waals surface area contributed by atoms with Crippen molar-refractivity contribution in [3.05, 3.63) is 24.3 Å². The van der Waals surface area contributed by atoms with Gasteiger partial charge in [0.2, 0.25) is 15.9 Å². The lowest BCUT2D eigenvalue weighted by Crippen LogP contribution is -2.47. The lowest BCUT2D eigenvalue weighted by molar-refractivity contribution is -0.122. The highest BCUT2D eigenvalue weighted by molar-refractivity contribution is 7.89. The Kier molecular flexibility index (Phi) is 6.83. The highest BCUT2D eigenvalue weighted by Gasteiger charge is 2.22. The molecule has 0 radical (unpaired) electrons. The normalized spacial score (nSPS) is 14.2. The van der Waals surface area contributed by atoms with Gasteiger partial charge in [-0.05, 0) is 51.5 Å². The molecule has 0 saturated heterocycles. The number of benzene rings is 1. The zero-order valence-electron chi connectivity index (χ0n) is 13.4. The van der Waals surface area contributed by atoms with Gasteiger partial charge in [0, 0.05) is 6.04 Å². The third-order valence-electron chi connectivity index (χ3n) is 3.17. The summed E-state index contributed by atoms with van der Waals surface area (Å²) in [6, 6.07) is 5.24. The van der Waals surface area contributed by atoms with Crippen molar-refractivity contribution in [2.45, 2.75) is 51.1 Å². The Morgan fingerprint density at radius 2 is 1.77 bits per heavy atom. The van der Waals surface area contributed by atoms with Gasteiger partial charge in [-0.3, -0.25) is 4.79 Å². The van der Waals surface area contributed by atoms with Gasteiger partial charge in [-0.1, -0.05) is 6.92 Å². The smallest absolute Gasteiger partial charge is 0.241 e. The Morgan fingerprint density at radius 3 is 2.27 bits per heavy atom. The predicted molar refractivity (Wildman–Crippen MR) is 85.3 cm³/mol. The molecule has 0 heterocycles. The number of amides is 1. The van der Waals surface area contributed by atoms with Crippen molar-refractivity contribution in [2.24, 2.45) is 0 Å². The SMILES string of the molecule is CCOc1ccc(S(=O)(=O)N[C@H](C)C(=O)N[C@H](C)CC)cc1. The minimum atomic E-state index is -3.75. The molecule has 1 aromatic carbocycles. The van der Waals surface area contributed by atoms with Crippen molar-refractivity contribution in [3.63, 3.8) is 0 Å². The van der Waals surface area contributed by atoms with E-state index in [1.807, 2.05) is 20.8 Å². The fourth-order valence-electron chi connectivity index (χ4n) is 1.71. The van der Waals surface area contributed by atoms with Gasteiger partial charge < -0.3 is 10.1 Å². The topological polar surface area (TPSA) is 84.5 Å². The van der Waals surface area contributed by atoms with Crippen LogP contribution in [0.5, 0.6) is 5.75 Å². The fourth-order valence-corrected chi connectivity index (χ4v) is 2.91. The molecule has 0 spiro atoms. The van der Waals surface area contributed by atoms with E-state index >= 15 is 0 Å². The first kappa shape index (κ1) is 18.4. The highest BCUT2D eigenvalue weighted by atomic mass is 32.2.